The molecule has 2 amide bonds. The first-order valence-electron chi connectivity index (χ1n) is 11.6. The molecule has 2 atom stereocenters. The van der Waals surface area contributed by atoms with Crippen molar-refractivity contribution in [1.29, 1.82) is 0 Å². The van der Waals surface area contributed by atoms with Gasteiger partial charge in [-0.2, -0.15) is 0 Å². The lowest BCUT2D eigenvalue weighted by molar-refractivity contribution is -0.149. The monoisotopic (exact) mass is 442 g/mol. The van der Waals surface area contributed by atoms with E-state index in [0.29, 0.717) is 32.4 Å². The Hall–Kier alpha value is -2.67. The number of allylic oxidation sites excluding steroid dienone is 2. The predicted molar refractivity (Wildman–Crippen MR) is 120 cm³/mol. The van der Waals surface area contributed by atoms with Crippen molar-refractivity contribution < 1.29 is 24.2 Å². The Morgan fingerprint density at radius 1 is 1.16 bits per heavy atom. The summed E-state index contributed by atoms with van der Waals surface area (Å²) >= 11 is 0. The highest BCUT2D eigenvalue weighted by Gasteiger charge is 2.35. The number of rotatable bonds is 6. The van der Waals surface area contributed by atoms with Crippen LogP contribution in [-0.2, 0) is 25.7 Å². The van der Waals surface area contributed by atoms with Crippen molar-refractivity contribution in [3.63, 3.8) is 0 Å². The first-order chi connectivity index (χ1) is 15.6. The van der Waals surface area contributed by atoms with Gasteiger partial charge >= 0.3 is 5.97 Å². The number of fused-ring (bicyclic) bond motifs is 1. The average molecular weight is 443 g/mol. The highest BCUT2D eigenvalue weighted by molar-refractivity contribution is 5.86. The summed E-state index contributed by atoms with van der Waals surface area (Å²) in [5.74, 6) is -0.873. The minimum Gasteiger partial charge on any atom is -0.463 e. The predicted octanol–water partition coefficient (Wildman–Crippen LogP) is 2.68. The van der Waals surface area contributed by atoms with Gasteiger partial charge in [0, 0.05) is 32.5 Å². The lowest BCUT2D eigenvalue weighted by atomic mass is 9.97. The Morgan fingerprint density at radius 3 is 2.75 bits per heavy atom. The summed E-state index contributed by atoms with van der Waals surface area (Å²) in [7, 11) is 0. The minimum atomic E-state index is -0.465. The molecule has 0 bridgehead atoms. The van der Waals surface area contributed by atoms with Crippen LogP contribution in [-0.4, -0.2) is 65.0 Å². The first-order valence-corrected chi connectivity index (χ1v) is 11.6. The number of benzene rings is 1. The van der Waals surface area contributed by atoms with Crippen LogP contribution in [0, 0.1) is 5.92 Å². The summed E-state index contributed by atoms with van der Waals surface area (Å²) in [6.45, 7) is 1.35. The van der Waals surface area contributed by atoms with Crippen LogP contribution in [0.2, 0.25) is 0 Å². The van der Waals surface area contributed by atoms with Crippen molar-refractivity contribution >= 4 is 17.8 Å². The lowest BCUT2D eigenvalue weighted by Gasteiger charge is -2.29. The number of hydrogen-bond acceptors (Lipinski definition) is 5. The van der Waals surface area contributed by atoms with Gasteiger partial charge in [-0.25, -0.2) is 0 Å². The van der Waals surface area contributed by atoms with Crippen LogP contribution in [0.5, 0.6) is 0 Å². The number of ether oxygens (including phenoxy) is 1. The van der Waals surface area contributed by atoms with E-state index in [9.17, 15) is 19.5 Å². The van der Waals surface area contributed by atoms with Gasteiger partial charge in [0.15, 0.2) is 0 Å². The Labute approximate surface area is 190 Å². The van der Waals surface area contributed by atoms with Crippen molar-refractivity contribution in [3.8, 4) is 0 Å². The summed E-state index contributed by atoms with van der Waals surface area (Å²) in [4.78, 5) is 41.9. The number of aliphatic hydroxyl groups excluding tert-OH is 1. The Balaban J connectivity index is 1.73. The van der Waals surface area contributed by atoms with E-state index >= 15 is 0 Å². The Bertz CT molecular complexity index is 795. The maximum absolute atomic E-state index is 13.4. The largest absolute Gasteiger partial charge is 0.463 e. The molecule has 0 saturated carbocycles. The zero-order valence-electron chi connectivity index (χ0n) is 18.7. The van der Waals surface area contributed by atoms with Gasteiger partial charge in [-0.1, -0.05) is 42.5 Å². The van der Waals surface area contributed by atoms with Gasteiger partial charge in [0.2, 0.25) is 11.8 Å². The second-order valence-corrected chi connectivity index (χ2v) is 8.54. The molecule has 174 valence electrons. The average Bonchev–Trinajstić information content (AvgIpc) is 3.27. The number of carbonyl (C=O) groups excluding carboxylic acids is 3. The molecule has 0 spiro atoms. The summed E-state index contributed by atoms with van der Waals surface area (Å²) in [5, 5.41) is 9.48. The number of aliphatic hydroxyl groups is 1. The standard InChI is InChI=1S/C25H34N2O5/c28-16-15-26(18-20-9-4-3-5-10-20)23(29)17-21-11-6-1-2-7-13-24(30)32-19-22-12-8-14-27(22)25(21)31/h1,3-6,9-10,21-22,28H,2,7-8,11-19H2/b6-1+/t21-,22-/m0/s1. The van der Waals surface area contributed by atoms with Crippen LogP contribution in [0.1, 0.15) is 50.5 Å². The molecule has 7 nitrogen and oxygen atoms in total. The van der Waals surface area contributed by atoms with Gasteiger partial charge in [0.05, 0.1) is 18.6 Å². The Morgan fingerprint density at radius 2 is 1.97 bits per heavy atom. The zero-order chi connectivity index (χ0) is 22.8. The molecule has 3 rings (SSSR count). The summed E-state index contributed by atoms with van der Waals surface area (Å²) < 4.78 is 5.41. The van der Waals surface area contributed by atoms with Gasteiger partial charge in [-0.05, 0) is 37.7 Å². The SMILES string of the molecule is O=C1CCC/C=C/C[C@@H](CC(=O)N(CCO)Cc2ccccc2)C(=O)N2CCC[C@H]2CO1. The van der Waals surface area contributed by atoms with Gasteiger partial charge < -0.3 is 19.6 Å². The van der Waals surface area contributed by atoms with E-state index in [1.165, 1.54) is 0 Å². The summed E-state index contributed by atoms with van der Waals surface area (Å²) in [5.41, 5.74) is 0.983. The number of nitrogens with zero attached hydrogens (tertiary/aromatic N) is 2. The van der Waals surface area contributed by atoms with Crippen molar-refractivity contribution in [3.05, 3.63) is 48.0 Å². The maximum atomic E-state index is 13.4. The number of amides is 2. The second kappa shape index (κ2) is 12.4. The van der Waals surface area contributed by atoms with Crippen LogP contribution >= 0.6 is 0 Å². The van der Waals surface area contributed by atoms with Gasteiger partial charge in [-0.3, -0.25) is 14.4 Å². The molecule has 7 heteroatoms. The van der Waals surface area contributed by atoms with Crippen LogP contribution in [0.3, 0.4) is 0 Å². The molecule has 1 fully saturated rings. The molecule has 2 heterocycles. The fraction of sp³-hybridized carbons (Fsp3) is 0.560. The molecule has 0 radical (unpaired) electrons. The van der Waals surface area contributed by atoms with Crippen LogP contribution in [0.4, 0.5) is 0 Å². The molecule has 1 N–H and O–H groups in total. The van der Waals surface area contributed by atoms with E-state index in [1.54, 1.807) is 9.80 Å². The zero-order valence-corrected chi connectivity index (χ0v) is 18.7. The molecule has 1 aromatic carbocycles. The number of carbonyl (C=O) groups is 3. The van der Waals surface area contributed by atoms with E-state index in [4.69, 9.17) is 4.74 Å². The molecule has 0 unspecified atom stereocenters. The number of cyclic esters (lactones) is 1. The topological polar surface area (TPSA) is 87.2 Å². The van der Waals surface area contributed by atoms with E-state index < -0.39 is 5.92 Å². The first kappa shape index (κ1) is 24.0. The highest BCUT2D eigenvalue weighted by atomic mass is 16.5. The molecule has 0 aliphatic carbocycles. The van der Waals surface area contributed by atoms with Gasteiger partial charge in [0.25, 0.3) is 0 Å². The van der Waals surface area contributed by atoms with Gasteiger partial charge in [0.1, 0.15) is 6.61 Å². The molecule has 1 saturated heterocycles. The van der Waals surface area contributed by atoms with Crippen molar-refractivity contribution in [2.45, 2.75) is 57.5 Å². The third-order valence-corrected chi connectivity index (χ3v) is 6.15. The highest BCUT2D eigenvalue weighted by Crippen LogP contribution is 2.25. The van der Waals surface area contributed by atoms with Crippen LogP contribution in [0.15, 0.2) is 42.5 Å². The van der Waals surface area contributed by atoms with Gasteiger partial charge in [-0.15, -0.1) is 0 Å². The van der Waals surface area contributed by atoms with Crippen LogP contribution < -0.4 is 0 Å². The quantitative estimate of drug-likeness (QED) is 0.541. The molecular weight excluding hydrogens is 408 g/mol. The minimum absolute atomic E-state index is 0.0514. The molecule has 2 aliphatic heterocycles. The van der Waals surface area contributed by atoms with Crippen LogP contribution in [0.25, 0.3) is 0 Å². The third-order valence-electron chi connectivity index (χ3n) is 6.15. The summed E-state index contributed by atoms with van der Waals surface area (Å²) in [6.07, 6.45) is 8.02. The second-order valence-electron chi connectivity index (χ2n) is 8.54. The third kappa shape index (κ3) is 6.92. The molecule has 1 aromatic rings. The fourth-order valence-electron chi connectivity index (χ4n) is 4.37. The fourth-order valence-corrected chi connectivity index (χ4v) is 4.37. The molecule has 32 heavy (non-hydrogen) atoms. The Kier molecular flexibility index (Phi) is 9.28. The van der Waals surface area contributed by atoms with E-state index in [0.717, 1.165) is 24.8 Å². The normalized spacial score (nSPS) is 23.3. The van der Waals surface area contributed by atoms with E-state index in [-0.39, 0.29) is 50.0 Å². The number of hydrogen-bond donors (Lipinski definition) is 1. The van der Waals surface area contributed by atoms with Crippen molar-refractivity contribution in [2.24, 2.45) is 5.92 Å². The molecular formula is C25H34N2O5. The van der Waals surface area contributed by atoms with Crippen molar-refractivity contribution in [2.75, 3.05) is 26.3 Å². The lowest BCUT2D eigenvalue weighted by Crippen LogP contribution is -2.44. The van der Waals surface area contributed by atoms with Crippen molar-refractivity contribution in [1.82, 2.24) is 9.80 Å². The van der Waals surface area contributed by atoms with E-state index in [1.807, 2.05) is 42.5 Å². The number of esters is 1. The maximum Gasteiger partial charge on any atom is 0.305 e. The van der Waals surface area contributed by atoms with E-state index in [2.05, 4.69) is 0 Å². The molecule has 0 aromatic heterocycles. The summed E-state index contributed by atoms with van der Waals surface area (Å²) in [6, 6.07) is 9.53. The smallest absolute Gasteiger partial charge is 0.305 e. The molecule has 2 aliphatic rings.